The second-order valence-electron chi connectivity index (χ2n) is 7.23. The van der Waals surface area contributed by atoms with Gasteiger partial charge in [-0.25, -0.2) is 14.6 Å². The zero-order chi connectivity index (χ0) is 20.8. The van der Waals surface area contributed by atoms with Gasteiger partial charge < -0.3 is 19.6 Å². The Labute approximate surface area is 159 Å². The highest BCUT2D eigenvalue weighted by atomic mass is 16.6. The minimum absolute atomic E-state index is 0.241. The summed E-state index contributed by atoms with van der Waals surface area (Å²) < 4.78 is 5.29. The Balaban J connectivity index is 2.65. The fraction of sp³-hybridized carbons (Fsp3) is 0.556. The lowest BCUT2D eigenvalue weighted by molar-refractivity contribution is 0.0589. The molecule has 0 aromatic carbocycles. The van der Waals surface area contributed by atoms with Gasteiger partial charge in [-0.05, 0) is 39.3 Å². The molecule has 0 saturated carbocycles. The average Bonchev–Trinajstić information content (AvgIpc) is 2.58. The summed E-state index contributed by atoms with van der Waals surface area (Å²) in [5, 5.41) is 8.81. The zero-order valence-corrected chi connectivity index (χ0v) is 16.7. The van der Waals surface area contributed by atoms with E-state index in [1.807, 2.05) is 0 Å². The summed E-state index contributed by atoms with van der Waals surface area (Å²) >= 11 is 0. The van der Waals surface area contributed by atoms with Crippen molar-refractivity contribution in [1.29, 1.82) is 0 Å². The first-order chi connectivity index (χ1) is 12.4. The molecule has 1 N–H and O–H groups in total. The maximum atomic E-state index is 12.4. The van der Waals surface area contributed by atoms with Crippen molar-refractivity contribution >= 4 is 23.8 Å². The predicted molar refractivity (Wildman–Crippen MR) is 101 cm³/mol. The first-order valence-electron chi connectivity index (χ1n) is 8.54. The Morgan fingerprint density at radius 2 is 1.67 bits per heavy atom. The number of hydrogen-bond donors (Lipinski definition) is 1. The first kappa shape index (κ1) is 22.2. The van der Waals surface area contributed by atoms with Crippen molar-refractivity contribution in [2.75, 3.05) is 39.1 Å². The van der Waals surface area contributed by atoms with Crippen molar-refractivity contribution in [3.8, 4) is 0 Å². The number of pyridine rings is 1. The maximum Gasteiger partial charge on any atom is 0.414 e. The number of carboxylic acid groups (broad SMARTS) is 1. The van der Waals surface area contributed by atoms with Gasteiger partial charge in [0.05, 0.1) is 11.9 Å². The molecule has 0 bridgehead atoms. The monoisotopic (exact) mass is 380 g/mol. The molecular weight excluding hydrogens is 352 g/mol. The highest BCUT2D eigenvalue weighted by Gasteiger charge is 2.21. The summed E-state index contributed by atoms with van der Waals surface area (Å²) in [5.74, 6) is -0.278. The van der Waals surface area contributed by atoms with Crippen molar-refractivity contribution in [3.63, 3.8) is 0 Å². The SMILES string of the molecule is CN(CCCN(C)C(=O)c1ccc(N(C)C(=O)OC(C)(C)C)cn1)C(=O)O. The Kier molecular flexibility index (Phi) is 7.56. The number of rotatable bonds is 6. The van der Waals surface area contributed by atoms with Crippen LogP contribution in [-0.4, -0.2) is 77.8 Å². The van der Waals surface area contributed by atoms with Crippen molar-refractivity contribution in [2.45, 2.75) is 32.8 Å². The van der Waals surface area contributed by atoms with E-state index < -0.39 is 17.8 Å². The number of nitrogens with zero attached hydrogens (tertiary/aromatic N) is 4. The van der Waals surface area contributed by atoms with Gasteiger partial charge in [0, 0.05) is 34.2 Å². The zero-order valence-electron chi connectivity index (χ0n) is 16.7. The quantitative estimate of drug-likeness (QED) is 0.813. The molecule has 0 unspecified atom stereocenters. The van der Waals surface area contributed by atoms with Crippen molar-refractivity contribution in [3.05, 3.63) is 24.0 Å². The van der Waals surface area contributed by atoms with Gasteiger partial charge in [-0.2, -0.15) is 0 Å². The van der Waals surface area contributed by atoms with Crippen molar-refractivity contribution < 1.29 is 24.2 Å². The Morgan fingerprint density at radius 3 is 2.15 bits per heavy atom. The third-order valence-electron chi connectivity index (χ3n) is 3.68. The third-order valence-corrected chi connectivity index (χ3v) is 3.68. The van der Waals surface area contributed by atoms with Crippen molar-refractivity contribution in [2.24, 2.45) is 0 Å². The number of carbonyl (C=O) groups excluding carboxylic acids is 2. The van der Waals surface area contributed by atoms with E-state index in [1.54, 1.807) is 47.0 Å². The predicted octanol–water partition coefficient (Wildman–Crippen LogP) is 2.52. The summed E-state index contributed by atoms with van der Waals surface area (Å²) in [6.45, 7) is 6.08. The number of ether oxygens (including phenoxy) is 1. The number of hydrogen-bond acceptors (Lipinski definition) is 5. The minimum atomic E-state index is -1.00. The molecule has 0 aliphatic carbocycles. The van der Waals surface area contributed by atoms with Crippen LogP contribution in [0.15, 0.2) is 18.3 Å². The molecule has 0 atom stereocenters. The van der Waals surface area contributed by atoms with E-state index in [1.165, 1.54) is 23.0 Å². The van der Waals surface area contributed by atoms with Crippen molar-refractivity contribution in [1.82, 2.24) is 14.8 Å². The lowest BCUT2D eigenvalue weighted by atomic mass is 10.2. The molecule has 0 radical (unpaired) electrons. The van der Waals surface area contributed by atoms with Crippen LogP contribution in [0.5, 0.6) is 0 Å². The Morgan fingerprint density at radius 1 is 1.07 bits per heavy atom. The van der Waals surface area contributed by atoms with Gasteiger partial charge in [-0.15, -0.1) is 0 Å². The second kappa shape index (κ2) is 9.20. The maximum absolute atomic E-state index is 12.4. The minimum Gasteiger partial charge on any atom is -0.465 e. The Bertz CT molecular complexity index is 669. The summed E-state index contributed by atoms with van der Waals surface area (Å²) in [7, 11) is 4.68. The van der Waals surface area contributed by atoms with E-state index in [2.05, 4.69) is 4.98 Å². The number of anilines is 1. The smallest absolute Gasteiger partial charge is 0.414 e. The highest BCUT2D eigenvalue weighted by molar-refractivity contribution is 5.93. The molecule has 1 heterocycles. The number of aromatic nitrogens is 1. The van der Waals surface area contributed by atoms with E-state index in [0.29, 0.717) is 25.2 Å². The number of carbonyl (C=O) groups is 3. The lowest BCUT2D eigenvalue weighted by Crippen LogP contribution is -2.34. The standard InChI is InChI=1S/C18H28N4O5/c1-18(2,3)27-17(26)22(6)13-8-9-14(19-12-13)15(23)20(4)10-7-11-21(5)16(24)25/h8-9,12H,7,10-11H2,1-6H3,(H,24,25). The van der Waals surface area contributed by atoms with Gasteiger partial charge in [0.15, 0.2) is 0 Å². The Hall–Kier alpha value is -2.84. The number of amides is 3. The molecule has 9 heteroatoms. The molecular formula is C18H28N4O5. The molecule has 1 aromatic heterocycles. The van der Waals surface area contributed by atoms with Crippen LogP contribution in [0.1, 0.15) is 37.7 Å². The van der Waals surface area contributed by atoms with Gasteiger partial charge in [-0.1, -0.05) is 0 Å². The molecule has 1 aromatic rings. The van der Waals surface area contributed by atoms with Gasteiger partial charge in [0.25, 0.3) is 5.91 Å². The van der Waals surface area contributed by atoms with Crippen LogP contribution >= 0.6 is 0 Å². The lowest BCUT2D eigenvalue weighted by Gasteiger charge is -2.24. The molecule has 0 fully saturated rings. The van der Waals surface area contributed by atoms with Gasteiger partial charge >= 0.3 is 12.2 Å². The molecule has 0 aliphatic heterocycles. The molecule has 0 aliphatic rings. The van der Waals surface area contributed by atoms with E-state index in [0.717, 1.165) is 4.90 Å². The normalized spacial score (nSPS) is 10.9. The van der Waals surface area contributed by atoms with E-state index >= 15 is 0 Å². The molecule has 0 saturated heterocycles. The van der Waals surface area contributed by atoms with Crippen LogP contribution in [0.25, 0.3) is 0 Å². The summed E-state index contributed by atoms with van der Waals surface area (Å²) in [5.41, 5.74) is 0.142. The van der Waals surface area contributed by atoms with E-state index in [9.17, 15) is 14.4 Å². The molecule has 9 nitrogen and oxygen atoms in total. The molecule has 150 valence electrons. The van der Waals surface area contributed by atoms with Gasteiger partial charge in [-0.3, -0.25) is 9.69 Å². The third kappa shape index (κ3) is 7.12. The molecule has 0 spiro atoms. The van der Waals surface area contributed by atoms with E-state index in [4.69, 9.17) is 9.84 Å². The largest absolute Gasteiger partial charge is 0.465 e. The van der Waals surface area contributed by atoms with Crippen LogP contribution < -0.4 is 4.90 Å². The second-order valence-corrected chi connectivity index (χ2v) is 7.23. The van der Waals surface area contributed by atoms with Crippen LogP contribution in [-0.2, 0) is 4.74 Å². The van der Waals surface area contributed by atoms with E-state index in [-0.39, 0.29) is 11.6 Å². The molecule has 3 amide bonds. The molecule has 27 heavy (non-hydrogen) atoms. The average molecular weight is 380 g/mol. The fourth-order valence-corrected chi connectivity index (χ4v) is 2.08. The highest BCUT2D eigenvalue weighted by Crippen LogP contribution is 2.16. The van der Waals surface area contributed by atoms with Crippen LogP contribution in [0.2, 0.25) is 0 Å². The first-order valence-corrected chi connectivity index (χ1v) is 8.54. The summed E-state index contributed by atoms with van der Waals surface area (Å²) in [4.78, 5) is 43.3. The van der Waals surface area contributed by atoms with Gasteiger partial charge in [0.1, 0.15) is 11.3 Å². The van der Waals surface area contributed by atoms with Crippen LogP contribution in [0.3, 0.4) is 0 Å². The van der Waals surface area contributed by atoms with Crippen LogP contribution in [0.4, 0.5) is 15.3 Å². The van der Waals surface area contributed by atoms with Crippen LogP contribution in [0, 0.1) is 0 Å². The summed E-state index contributed by atoms with van der Waals surface area (Å²) in [6, 6.07) is 3.16. The molecule has 1 rings (SSSR count). The summed E-state index contributed by atoms with van der Waals surface area (Å²) in [6.07, 6.45) is 0.437. The van der Waals surface area contributed by atoms with Gasteiger partial charge in [0.2, 0.25) is 0 Å². The topological polar surface area (TPSA) is 103 Å². The fourth-order valence-electron chi connectivity index (χ4n) is 2.08.